The van der Waals surface area contributed by atoms with Crippen LogP contribution < -0.4 is 15.4 Å². The molecule has 0 atom stereocenters. The number of hydrogen-bond donors (Lipinski definition) is 2. The summed E-state index contributed by atoms with van der Waals surface area (Å²) < 4.78 is 5.32. The second kappa shape index (κ2) is 9.14. The van der Waals surface area contributed by atoms with E-state index in [1.165, 1.54) is 11.3 Å². The van der Waals surface area contributed by atoms with E-state index in [0.717, 1.165) is 40.1 Å². The quantitative estimate of drug-likeness (QED) is 0.624. The van der Waals surface area contributed by atoms with Crippen LogP contribution in [0.1, 0.15) is 17.0 Å². The number of pyridine rings is 1. The maximum atomic E-state index is 12.2. The smallest absolute Gasteiger partial charge is 0.226 e. The zero-order chi connectivity index (χ0) is 19.1. The molecule has 140 valence electrons. The standard InChI is InChI=1S/C20H22N4O2S/c1-14-6-5-9-18(22-14)24-20-23-16(13-27-20)12-19(25)21-11-10-15-7-3-4-8-17(15)26-2/h3-9,13H,10-12H2,1-2H3,(H,21,25)(H,22,23,24). The monoisotopic (exact) mass is 382 g/mol. The number of carbonyl (C=O) groups is 1. The van der Waals surface area contributed by atoms with Gasteiger partial charge >= 0.3 is 0 Å². The molecule has 1 amide bonds. The number of aromatic nitrogens is 2. The first kappa shape index (κ1) is 18.8. The molecule has 0 saturated carbocycles. The summed E-state index contributed by atoms with van der Waals surface area (Å²) in [4.78, 5) is 21.0. The zero-order valence-corrected chi connectivity index (χ0v) is 16.2. The van der Waals surface area contributed by atoms with E-state index in [-0.39, 0.29) is 12.3 Å². The van der Waals surface area contributed by atoms with Gasteiger partial charge < -0.3 is 15.4 Å². The summed E-state index contributed by atoms with van der Waals surface area (Å²) in [6, 6.07) is 13.6. The number of carbonyl (C=O) groups excluding carboxylic acids is 1. The summed E-state index contributed by atoms with van der Waals surface area (Å²) in [6.45, 7) is 2.50. The van der Waals surface area contributed by atoms with Crippen LogP contribution in [0.15, 0.2) is 47.8 Å². The number of benzene rings is 1. The summed E-state index contributed by atoms with van der Waals surface area (Å²) in [7, 11) is 1.65. The van der Waals surface area contributed by atoms with Crippen molar-refractivity contribution >= 4 is 28.2 Å². The molecular formula is C20H22N4O2S. The maximum Gasteiger partial charge on any atom is 0.226 e. The topological polar surface area (TPSA) is 76.1 Å². The van der Waals surface area contributed by atoms with E-state index in [4.69, 9.17) is 4.74 Å². The Morgan fingerprint density at radius 2 is 2.00 bits per heavy atom. The lowest BCUT2D eigenvalue weighted by Gasteiger charge is -2.08. The molecule has 2 aromatic heterocycles. The number of para-hydroxylation sites is 1. The molecule has 6 nitrogen and oxygen atoms in total. The summed E-state index contributed by atoms with van der Waals surface area (Å²) in [5, 5.41) is 8.71. The lowest BCUT2D eigenvalue weighted by molar-refractivity contribution is -0.120. The molecule has 3 aromatic rings. The van der Waals surface area contributed by atoms with Crippen molar-refractivity contribution in [2.24, 2.45) is 0 Å². The number of ether oxygens (including phenoxy) is 1. The van der Waals surface area contributed by atoms with Crippen molar-refractivity contribution < 1.29 is 9.53 Å². The number of methoxy groups -OCH3 is 1. The van der Waals surface area contributed by atoms with Crippen LogP contribution in [0.25, 0.3) is 0 Å². The van der Waals surface area contributed by atoms with Crippen LogP contribution in [-0.4, -0.2) is 29.5 Å². The molecule has 2 N–H and O–H groups in total. The molecule has 2 heterocycles. The number of rotatable bonds is 8. The van der Waals surface area contributed by atoms with E-state index in [1.54, 1.807) is 7.11 Å². The van der Waals surface area contributed by atoms with Crippen LogP contribution in [0.3, 0.4) is 0 Å². The number of thiazole rings is 1. The first-order valence-electron chi connectivity index (χ1n) is 8.68. The first-order valence-corrected chi connectivity index (χ1v) is 9.55. The van der Waals surface area contributed by atoms with E-state index in [9.17, 15) is 4.79 Å². The van der Waals surface area contributed by atoms with Gasteiger partial charge in [-0.15, -0.1) is 11.3 Å². The zero-order valence-electron chi connectivity index (χ0n) is 15.4. The van der Waals surface area contributed by atoms with Crippen LogP contribution in [0.2, 0.25) is 0 Å². The second-order valence-electron chi connectivity index (χ2n) is 6.02. The van der Waals surface area contributed by atoms with Crippen molar-refractivity contribution in [2.45, 2.75) is 19.8 Å². The SMILES string of the molecule is COc1ccccc1CCNC(=O)Cc1csc(Nc2cccc(C)n2)n1. The predicted molar refractivity (Wildman–Crippen MR) is 108 cm³/mol. The van der Waals surface area contributed by atoms with E-state index >= 15 is 0 Å². The molecule has 0 aliphatic rings. The van der Waals surface area contributed by atoms with Crippen molar-refractivity contribution in [1.82, 2.24) is 15.3 Å². The molecule has 0 bridgehead atoms. The minimum Gasteiger partial charge on any atom is -0.496 e. The number of hydrogen-bond acceptors (Lipinski definition) is 6. The van der Waals surface area contributed by atoms with Gasteiger partial charge in [0.05, 0.1) is 19.2 Å². The molecule has 0 unspecified atom stereocenters. The number of nitrogens with zero attached hydrogens (tertiary/aromatic N) is 2. The third-order valence-electron chi connectivity index (χ3n) is 3.93. The Balaban J connectivity index is 1.48. The molecule has 1 aromatic carbocycles. The van der Waals surface area contributed by atoms with Gasteiger partial charge in [0.1, 0.15) is 11.6 Å². The number of anilines is 2. The molecule has 7 heteroatoms. The van der Waals surface area contributed by atoms with Crippen LogP contribution in [0, 0.1) is 6.92 Å². The lowest BCUT2D eigenvalue weighted by Crippen LogP contribution is -2.27. The molecule has 0 spiro atoms. The van der Waals surface area contributed by atoms with Gasteiger partial charge in [0.2, 0.25) is 5.91 Å². The summed E-state index contributed by atoms with van der Waals surface area (Å²) >= 11 is 1.46. The Hall–Kier alpha value is -2.93. The molecular weight excluding hydrogens is 360 g/mol. The van der Waals surface area contributed by atoms with Crippen molar-refractivity contribution in [3.05, 3.63) is 64.8 Å². The predicted octanol–water partition coefficient (Wildman–Crippen LogP) is 3.50. The fourth-order valence-corrected chi connectivity index (χ4v) is 3.36. The molecule has 0 radical (unpaired) electrons. The molecule has 0 aliphatic carbocycles. The van der Waals surface area contributed by atoms with E-state index in [2.05, 4.69) is 20.6 Å². The highest BCUT2D eigenvalue weighted by Gasteiger charge is 2.09. The average molecular weight is 382 g/mol. The highest BCUT2D eigenvalue weighted by molar-refractivity contribution is 7.13. The van der Waals surface area contributed by atoms with E-state index in [1.807, 2.05) is 54.8 Å². The molecule has 3 rings (SSSR count). The number of nitrogens with one attached hydrogen (secondary N) is 2. The largest absolute Gasteiger partial charge is 0.496 e. The van der Waals surface area contributed by atoms with Crippen molar-refractivity contribution in [3.8, 4) is 5.75 Å². The molecule has 27 heavy (non-hydrogen) atoms. The Labute approximate surface area is 162 Å². The maximum absolute atomic E-state index is 12.2. The van der Waals surface area contributed by atoms with Gasteiger partial charge in [-0.05, 0) is 37.1 Å². The minimum atomic E-state index is -0.0459. The summed E-state index contributed by atoms with van der Waals surface area (Å²) in [6.07, 6.45) is 0.976. The van der Waals surface area contributed by atoms with Crippen molar-refractivity contribution in [1.29, 1.82) is 0 Å². The van der Waals surface area contributed by atoms with Crippen LogP contribution >= 0.6 is 11.3 Å². The van der Waals surface area contributed by atoms with Gasteiger partial charge in [-0.2, -0.15) is 0 Å². The Morgan fingerprint density at radius 3 is 2.81 bits per heavy atom. The van der Waals surface area contributed by atoms with Crippen LogP contribution in [0.5, 0.6) is 5.75 Å². The van der Waals surface area contributed by atoms with Crippen LogP contribution in [0.4, 0.5) is 10.9 Å². The van der Waals surface area contributed by atoms with Crippen molar-refractivity contribution in [2.75, 3.05) is 19.0 Å². The Morgan fingerprint density at radius 1 is 1.15 bits per heavy atom. The molecule has 0 saturated heterocycles. The first-order chi connectivity index (χ1) is 13.1. The van der Waals surface area contributed by atoms with Gasteiger partial charge in [0.15, 0.2) is 5.13 Å². The third-order valence-corrected chi connectivity index (χ3v) is 4.73. The molecule has 0 aliphatic heterocycles. The van der Waals surface area contributed by atoms with E-state index in [0.29, 0.717) is 6.54 Å². The Bertz CT molecular complexity index is 910. The number of amides is 1. The average Bonchev–Trinajstić information content (AvgIpc) is 3.08. The summed E-state index contributed by atoms with van der Waals surface area (Å²) in [5.74, 6) is 1.54. The highest BCUT2D eigenvalue weighted by Crippen LogP contribution is 2.20. The van der Waals surface area contributed by atoms with Gasteiger partial charge in [-0.25, -0.2) is 9.97 Å². The lowest BCUT2D eigenvalue weighted by atomic mass is 10.1. The Kier molecular flexibility index (Phi) is 6.38. The highest BCUT2D eigenvalue weighted by atomic mass is 32.1. The molecule has 0 fully saturated rings. The third kappa shape index (κ3) is 5.52. The second-order valence-corrected chi connectivity index (χ2v) is 6.88. The normalized spacial score (nSPS) is 10.4. The van der Waals surface area contributed by atoms with Gasteiger partial charge in [-0.3, -0.25) is 4.79 Å². The van der Waals surface area contributed by atoms with Crippen molar-refractivity contribution in [3.63, 3.8) is 0 Å². The minimum absolute atomic E-state index is 0.0459. The van der Waals surface area contributed by atoms with E-state index < -0.39 is 0 Å². The van der Waals surface area contributed by atoms with Gasteiger partial charge in [-0.1, -0.05) is 24.3 Å². The summed E-state index contributed by atoms with van der Waals surface area (Å²) in [5.41, 5.74) is 2.75. The van der Waals surface area contributed by atoms with Gasteiger partial charge in [0, 0.05) is 17.6 Å². The van der Waals surface area contributed by atoms with Gasteiger partial charge in [0.25, 0.3) is 0 Å². The fraction of sp³-hybridized carbons (Fsp3) is 0.250. The van der Waals surface area contributed by atoms with Crippen LogP contribution in [-0.2, 0) is 17.6 Å². The number of aryl methyl sites for hydroxylation is 1. The fourth-order valence-electron chi connectivity index (χ4n) is 2.64.